The minimum atomic E-state index is -0.469. The Balaban J connectivity index is 2.10. The van der Waals surface area contributed by atoms with Crippen LogP contribution in [0.2, 0.25) is 0 Å². The predicted molar refractivity (Wildman–Crippen MR) is 98.7 cm³/mol. The van der Waals surface area contributed by atoms with Gasteiger partial charge in [-0.05, 0) is 35.4 Å². The summed E-state index contributed by atoms with van der Waals surface area (Å²) in [7, 11) is 0. The lowest BCUT2D eigenvalue weighted by Gasteiger charge is -2.21. The molecule has 0 spiro atoms. The molecule has 1 nitrogen and oxygen atoms in total. The van der Waals surface area contributed by atoms with Gasteiger partial charge in [-0.3, -0.25) is 0 Å². The first-order valence-electron chi connectivity index (χ1n) is 8.14. The molecule has 2 rings (SSSR count). The van der Waals surface area contributed by atoms with Crippen molar-refractivity contribution in [2.24, 2.45) is 0 Å². The number of aldehydes is 1. The van der Waals surface area contributed by atoms with E-state index >= 15 is 0 Å². The highest BCUT2D eigenvalue weighted by atomic mass is 16.1. The van der Waals surface area contributed by atoms with E-state index < -0.39 is 5.41 Å². The third-order valence-electron chi connectivity index (χ3n) is 4.32. The summed E-state index contributed by atoms with van der Waals surface area (Å²) in [6, 6.07) is 18.6. The lowest BCUT2D eigenvalue weighted by atomic mass is 9.81. The predicted octanol–water partition coefficient (Wildman–Crippen LogP) is 5.54. The second kappa shape index (κ2) is 6.95. The highest BCUT2D eigenvalue weighted by Crippen LogP contribution is 2.26. The summed E-state index contributed by atoms with van der Waals surface area (Å²) in [6.07, 6.45) is 5.93. The molecule has 0 amide bonds. The Morgan fingerprint density at radius 3 is 1.96 bits per heavy atom. The first-order chi connectivity index (χ1) is 10.8. The van der Waals surface area contributed by atoms with Gasteiger partial charge in [0, 0.05) is 0 Å². The van der Waals surface area contributed by atoms with E-state index in [1.54, 1.807) is 0 Å². The molecule has 0 bridgehead atoms. The fraction of sp³-hybridized carbons (Fsp3) is 0.318. The molecule has 23 heavy (non-hydrogen) atoms. The normalized spacial score (nSPS) is 14.6. The minimum absolute atomic E-state index is 0.172. The van der Waals surface area contributed by atoms with Gasteiger partial charge in [-0.2, -0.15) is 0 Å². The summed E-state index contributed by atoms with van der Waals surface area (Å²) in [4.78, 5) is 11.6. The number of rotatable bonds is 5. The van der Waals surface area contributed by atoms with Gasteiger partial charge in [0.1, 0.15) is 6.29 Å². The third kappa shape index (κ3) is 4.41. The topological polar surface area (TPSA) is 17.1 Å². The molecule has 0 radical (unpaired) electrons. The molecule has 0 aliphatic carbocycles. The Morgan fingerprint density at radius 1 is 0.826 bits per heavy atom. The third-order valence-corrected chi connectivity index (χ3v) is 4.32. The molecule has 0 aromatic heterocycles. The van der Waals surface area contributed by atoms with Crippen LogP contribution in [-0.2, 0) is 15.6 Å². The number of carbonyl (C=O) groups is 1. The molecular weight excluding hydrogens is 280 g/mol. The number of hydrogen-bond donors (Lipinski definition) is 0. The summed E-state index contributed by atoms with van der Waals surface area (Å²) in [6.45, 7) is 8.63. The van der Waals surface area contributed by atoms with Gasteiger partial charge < -0.3 is 4.79 Å². The molecule has 0 aliphatic rings. The second-order valence-electron chi connectivity index (χ2n) is 7.38. The smallest absolute Gasteiger partial charge is 0.130 e. The van der Waals surface area contributed by atoms with Crippen molar-refractivity contribution in [3.63, 3.8) is 0 Å². The average molecular weight is 306 g/mol. The lowest BCUT2D eigenvalue weighted by Crippen LogP contribution is -2.22. The summed E-state index contributed by atoms with van der Waals surface area (Å²) >= 11 is 0. The molecule has 0 N–H and O–H groups in total. The SMILES string of the molecule is CC(C)(C)c1ccc(/C=C/C[C@@](C)(C=O)c2ccccc2)cc1. The first kappa shape index (κ1) is 17.2. The molecule has 0 unspecified atom stereocenters. The Bertz CT molecular complexity index is 659. The molecule has 120 valence electrons. The summed E-state index contributed by atoms with van der Waals surface area (Å²) in [5, 5.41) is 0. The van der Waals surface area contributed by atoms with Crippen LogP contribution in [0.5, 0.6) is 0 Å². The molecule has 0 heterocycles. The zero-order valence-corrected chi connectivity index (χ0v) is 14.5. The Hall–Kier alpha value is -2.15. The quantitative estimate of drug-likeness (QED) is 0.662. The standard InChI is InChI=1S/C22H26O/c1-21(2,3)19-14-12-18(13-15-19)9-8-16-22(4,17-23)20-10-6-5-7-11-20/h5-15,17H,16H2,1-4H3/b9-8+/t22-/m0/s1. The molecule has 1 heteroatoms. The van der Waals surface area contributed by atoms with E-state index in [4.69, 9.17) is 0 Å². The van der Waals surface area contributed by atoms with E-state index in [-0.39, 0.29) is 5.41 Å². The van der Waals surface area contributed by atoms with Crippen LogP contribution in [0.1, 0.15) is 50.8 Å². The Labute approximate surface area is 140 Å². The Kier molecular flexibility index (Phi) is 5.20. The van der Waals surface area contributed by atoms with Crippen molar-refractivity contribution in [3.8, 4) is 0 Å². The molecule has 2 aromatic rings. The van der Waals surface area contributed by atoms with Crippen LogP contribution in [0.3, 0.4) is 0 Å². The fourth-order valence-corrected chi connectivity index (χ4v) is 2.59. The molecule has 0 aliphatic heterocycles. The number of allylic oxidation sites excluding steroid dienone is 1. The van der Waals surface area contributed by atoms with Crippen LogP contribution in [-0.4, -0.2) is 6.29 Å². The van der Waals surface area contributed by atoms with Crippen molar-refractivity contribution in [3.05, 3.63) is 77.4 Å². The van der Waals surface area contributed by atoms with Crippen molar-refractivity contribution in [1.29, 1.82) is 0 Å². The van der Waals surface area contributed by atoms with Crippen molar-refractivity contribution < 1.29 is 4.79 Å². The first-order valence-corrected chi connectivity index (χ1v) is 8.14. The fourth-order valence-electron chi connectivity index (χ4n) is 2.59. The van der Waals surface area contributed by atoms with E-state index in [1.165, 1.54) is 11.1 Å². The van der Waals surface area contributed by atoms with Gasteiger partial charge in [0.05, 0.1) is 5.41 Å². The van der Waals surface area contributed by atoms with Crippen LogP contribution in [0, 0.1) is 0 Å². The van der Waals surface area contributed by atoms with Gasteiger partial charge in [-0.15, -0.1) is 0 Å². The van der Waals surface area contributed by atoms with Crippen LogP contribution >= 0.6 is 0 Å². The van der Waals surface area contributed by atoms with Gasteiger partial charge in [0.15, 0.2) is 0 Å². The zero-order chi connectivity index (χ0) is 16.9. The van der Waals surface area contributed by atoms with Crippen molar-refractivity contribution in [2.75, 3.05) is 0 Å². The van der Waals surface area contributed by atoms with Crippen LogP contribution in [0.4, 0.5) is 0 Å². The average Bonchev–Trinajstić information content (AvgIpc) is 2.55. The van der Waals surface area contributed by atoms with Crippen LogP contribution in [0.15, 0.2) is 60.7 Å². The monoisotopic (exact) mass is 306 g/mol. The van der Waals surface area contributed by atoms with E-state index in [9.17, 15) is 4.79 Å². The van der Waals surface area contributed by atoms with Crippen molar-refractivity contribution >= 4 is 12.4 Å². The molecule has 2 aromatic carbocycles. The second-order valence-corrected chi connectivity index (χ2v) is 7.38. The Morgan fingerprint density at radius 2 is 1.43 bits per heavy atom. The van der Waals surface area contributed by atoms with E-state index in [0.717, 1.165) is 11.8 Å². The van der Waals surface area contributed by atoms with E-state index in [2.05, 4.69) is 57.2 Å². The maximum atomic E-state index is 11.6. The highest BCUT2D eigenvalue weighted by Gasteiger charge is 2.24. The summed E-state index contributed by atoms with van der Waals surface area (Å²) in [5.41, 5.74) is 3.26. The molecule has 0 saturated heterocycles. The van der Waals surface area contributed by atoms with Gasteiger partial charge in [0.25, 0.3) is 0 Å². The minimum Gasteiger partial charge on any atom is -0.302 e. The van der Waals surface area contributed by atoms with Gasteiger partial charge in [-0.1, -0.05) is 87.5 Å². The molecular formula is C22H26O. The number of hydrogen-bond acceptors (Lipinski definition) is 1. The van der Waals surface area contributed by atoms with Crippen molar-refractivity contribution in [2.45, 2.75) is 44.9 Å². The van der Waals surface area contributed by atoms with Gasteiger partial charge in [-0.25, -0.2) is 0 Å². The molecule has 1 atom stereocenters. The maximum absolute atomic E-state index is 11.6. The molecule has 0 fully saturated rings. The van der Waals surface area contributed by atoms with E-state index in [0.29, 0.717) is 6.42 Å². The van der Waals surface area contributed by atoms with Gasteiger partial charge >= 0.3 is 0 Å². The zero-order valence-electron chi connectivity index (χ0n) is 14.5. The lowest BCUT2D eigenvalue weighted by molar-refractivity contribution is -0.112. The largest absolute Gasteiger partial charge is 0.302 e. The van der Waals surface area contributed by atoms with Crippen LogP contribution < -0.4 is 0 Å². The van der Waals surface area contributed by atoms with Gasteiger partial charge in [0.2, 0.25) is 0 Å². The highest BCUT2D eigenvalue weighted by molar-refractivity contribution is 5.68. The summed E-state index contributed by atoms with van der Waals surface area (Å²) < 4.78 is 0. The van der Waals surface area contributed by atoms with Crippen LogP contribution in [0.25, 0.3) is 6.08 Å². The van der Waals surface area contributed by atoms with E-state index in [1.807, 2.05) is 37.3 Å². The maximum Gasteiger partial charge on any atom is 0.130 e. The molecule has 0 saturated carbocycles. The van der Waals surface area contributed by atoms with Crippen molar-refractivity contribution in [1.82, 2.24) is 0 Å². The number of benzene rings is 2. The summed E-state index contributed by atoms with van der Waals surface area (Å²) in [5.74, 6) is 0. The number of carbonyl (C=O) groups excluding carboxylic acids is 1.